The van der Waals surface area contributed by atoms with Crippen LogP contribution in [0.2, 0.25) is 0 Å². The number of halogens is 3. The average molecular weight is 452 g/mol. The smallest absolute Gasteiger partial charge is 0.406 e. The van der Waals surface area contributed by atoms with Crippen LogP contribution in [0.5, 0.6) is 5.75 Å². The van der Waals surface area contributed by atoms with Crippen LogP contribution in [0.3, 0.4) is 0 Å². The van der Waals surface area contributed by atoms with Gasteiger partial charge in [-0.1, -0.05) is 42.5 Å². The van der Waals surface area contributed by atoms with Gasteiger partial charge in [0.2, 0.25) is 0 Å². The van der Waals surface area contributed by atoms with Crippen LogP contribution in [0, 0.1) is 13.8 Å². The molecule has 1 aliphatic rings. The van der Waals surface area contributed by atoms with Gasteiger partial charge in [0.25, 0.3) is 11.8 Å². The van der Waals surface area contributed by atoms with E-state index in [1.807, 2.05) is 26.0 Å². The Morgan fingerprint density at radius 2 is 1.55 bits per heavy atom. The van der Waals surface area contributed by atoms with E-state index in [4.69, 9.17) is 0 Å². The summed E-state index contributed by atoms with van der Waals surface area (Å²) in [5.74, 6) is -1.86. The van der Waals surface area contributed by atoms with Gasteiger partial charge in [-0.15, -0.1) is 13.2 Å². The third-order valence-corrected chi connectivity index (χ3v) is 5.23. The van der Waals surface area contributed by atoms with Crippen LogP contribution < -0.4 is 15.0 Å². The number of imide groups is 1. The molecule has 4 rings (SSSR count). The van der Waals surface area contributed by atoms with E-state index in [0.29, 0.717) is 11.3 Å². The van der Waals surface area contributed by atoms with Crippen molar-refractivity contribution < 1.29 is 27.5 Å². The molecule has 8 heteroatoms. The van der Waals surface area contributed by atoms with Gasteiger partial charge in [-0.05, 0) is 54.8 Å². The third-order valence-electron chi connectivity index (χ3n) is 5.23. The molecule has 0 aromatic heterocycles. The molecule has 0 spiro atoms. The molecule has 0 bridgehead atoms. The number of rotatable bonds is 5. The fourth-order valence-electron chi connectivity index (χ4n) is 3.54. The maximum atomic E-state index is 13.4. The lowest BCUT2D eigenvalue weighted by molar-refractivity contribution is -0.274. The minimum Gasteiger partial charge on any atom is -0.406 e. The van der Waals surface area contributed by atoms with Crippen molar-refractivity contribution in [3.63, 3.8) is 0 Å². The molecule has 3 aromatic carbocycles. The second-order valence-electron chi connectivity index (χ2n) is 7.53. The first-order valence-corrected chi connectivity index (χ1v) is 10.0. The van der Waals surface area contributed by atoms with Gasteiger partial charge in [-0.2, -0.15) is 0 Å². The maximum absolute atomic E-state index is 13.4. The van der Waals surface area contributed by atoms with Crippen molar-refractivity contribution >= 4 is 28.8 Å². The Labute approximate surface area is 188 Å². The predicted octanol–water partition coefficient (Wildman–Crippen LogP) is 5.60. The van der Waals surface area contributed by atoms with Crippen molar-refractivity contribution in [1.82, 2.24) is 0 Å². The number of carbonyl (C=O) groups excluding carboxylic acids is 2. The first-order chi connectivity index (χ1) is 15.6. The molecule has 2 amide bonds. The number of benzene rings is 3. The molecule has 1 N–H and O–H groups in total. The van der Waals surface area contributed by atoms with E-state index in [9.17, 15) is 22.8 Å². The summed E-state index contributed by atoms with van der Waals surface area (Å²) >= 11 is 0. The Hall–Kier alpha value is -4.07. The lowest BCUT2D eigenvalue weighted by Gasteiger charge is -2.17. The molecule has 0 saturated heterocycles. The Balaban J connectivity index is 1.77. The van der Waals surface area contributed by atoms with E-state index in [1.54, 1.807) is 36.4 Å². The molecule has 0 atom stereocenters. The molecular formula is C25H19F3N2O3. The summed E-state index contributed by atoms with van der Waals surface area (Å²) in [7, 11) is 0. The number of hydrogen-bond acceptors (Lipinski definition) is 4. The van der Waals surface area contributed by atoms with Crippen LogP contribution in [-0.4, -0.2) is 18.2 Å². The molecule has 168 valence electrons. The van der Waals surface area contributed by atoms with Crippen molar-refractivity contribution in [3.8, 4) is 5.75 Å². The summed E-state index contributed by atoms with van der Waals surface area (Å²) < 4.78 is 41.9. The predicted molar refractivity (Wildman–Crippen MR) is 119 cm³/mol. The molecule has 0 unspecified atom stereocenters. The number of alkyl halides is 3. The zero-order chi connectivity index (χ0) is 23.8. The molecule has 3 aromatic rings. The zero-order valence-electron chi connectivity index (χ0n) is 17.7. The molecule has 1 aliphatic heterocycles. The number of carbonyl (C=O) groups is 2. The first-order valence-electron chi connectivity index (χ1n) is 10.0. The molecule has 0 aliphatic carbocycles. The highest BCUT2D eigenvalue weighted by Gasteiger charge is 2.40. The van der Waals surface area contributed by atoms with Gasteiger partial charge >= 0.3 is 6.36 Å². The van der Waals surface area contributed by atoms with Gasteiger partial charge in [0.1, 0.15) is 11.4 Å². The van der Waals surface area contributed by atoms with Crippen LogP contribution in [-0.2, 0) is 9.59 Å². The summed E-state index contributed by atoms with van der Waals surface area (Å²) in [6.07, 6.45) is -4.90. The third kappa shape index (κ3) is 4.59. The second-order valence-corrected chi connectivity index (χ2v) is 7.53. The number of amides is 2. The van der Waals surface area contributed by atoms with Crippen LogP contribution in [0.1, 0.15) is 16.7 Å². The lowest BCUT2D eigenvalue weighted by Crippen LogP contribution is -2.32. The topological polar surface area (TPSA) is 58.6 Å². The average Bonchev–Trinajstić information content (AvgIpc) is 3.00. The van der Waals surface area contributed by atoms with E-state index in [-0.39, 0.29) is 17.0 Å². The van der Waals surface area contributed by atoms with Crippen molar-refractivity contribution in [1.29, 1.82) is 0 Å². The van der Waals surface area contributed by atoms with Gasteiger partial charge in [0, 0.05) is 11.8 Å². The highest BCUT2D eigenvalue weighted by Crippen LogP contribution is 2.35. The standard InChI is InChI=1S/C25H19F3N2O3/c1-15-11-12-18(13-16(15)2)29-22-21(17-7-4-3-5-8-17)23(31)30(24(22)32)19-9-6-10-20(14-19)33-25(26,27)28/h3-14,29H,1-2H3. The van der Waals surface area contributed by atoms with Gasteiger partial charge < -0.3 is 10.1 Å². The number of anilines is 2. The molecule has 0 fully saturated rings. The highest BCUT2D eigenvalue weighted by atomic mass is 19.4. The molecule has 0 saturated carbocycles. The van der Waals surface area contributed by atoms with E-state index in [0.717, 1.165) is 28.2 Å². The Bertz CT molecular complexity index is 1270. The molecule has 5 nitrogen and oxygen atoms in total. The van der Waals surface area contributed by atoms with Crippen molar-refractivity contribution in [2.75, 3.05) is 10.2 Å². The van der Waals surface area contributed by atoms with Gasteiger partial charge in [0.15, 0.2) is 0 Å². The van der Waals surface area contributed by atoms with Crippen molar-refractivity contribution in [2.24, 2.45) is 0 Å². The van der Waals surface area contributed by atoms with Crippen LogP contribution >= 0.6 is 0 Å². The second kappa shape index (κ2) is 8.46. The Kier molecular flexibility index (Phi) is 5.68. The molecular weight excluding hydrogens is 433 g/mol. The number of hydrogen-bond donors (Lipinski definition) is 1. The summed E-state index contributed by atoms with van der Waals surface area (Å²) in [6.45, 7) is 3.88. The van der Waals surface area contributed by atoms with E-state index in [1.165, 1.54) is 12.1 Å². The van der Waals surface area contributed by atoms with Crippen molar-refractivity contribution in [2.45, 2.75) is 20.2 Å². The number of aryl methyl sites for hydroxylation is 2. The largest absolute Gasteiger partial charge is 0.573 e. The van der Waals surface area contributed by atoms with Crippen LogP contribution in [0.4, 0.5) is 24.5 Å². The summed E-state index contributed by atoms with van der Waals surface area (Å²) in [5.41, 5.74) is 3.31. The first kappa shape index (κ1) is 22.1. The summed E-state index contributed by atoms with van der Waals surface area (Å²) in [5, 5.41) is 3.05. The van der Waals surface area contributed by atoms with Crippen molar-refractivity contribution in [3.05, 3.63) is 95.2 Å². The number of nitrogens with zero attached hydrogens (tertiary/aromatic N) is 1. The maximum Gasteiger partial charge on any atom is 0.573 e. The normalized spacial score (nSPS) is 14.2. The number of nitrogens with one attached hydrogen (secondary N) is 1. The van der Waals surface area contributed by atoms with Crippen LogP contribution in [0.25, 0.3) is 5.57 Å². The summed E-state index contributed by atoms with van der Waals surface area (Å²) in [6, 6.07) is 18.9. The Morgan fingerprint density at radius 3 is 2.21 bits per heavy atom. The van der Waals surface area contributed by atoms with Crippen LogP contribution in [0.15, 0.2) is 78.5 Å². The van der Waals surface area contributed by atoms with Gasteiger partial charge in [0.05, 0.1) is 11.3 Å². The quantitative estimate of drug-likeness (QED) is 0.512. The number of ether oxygens (including phenoxy) is 1. The molecule has 0 radical (unpaired) electrons. The fourth-order valence-corrected chi connectivity index (χ4v) is 3.54. The summed E-state index contributed by atoms with van der Waals surface area (Å²) in [4.78, 5) is 27.6. The van der Waals surface area contributed by atoms with Gasteiger partial charge in [-0.3, -0.25) is 9.59 Å². The SMILES string of the molecule is Cc1ccc(NC2=C(c3ccccc3)C(=O)N(c3cccc(OC(F)(F)F)c3)C2=O)cc1C. The zero-order valence-corrected chi connectivity index (χ0v) is 17.7. The Morgan fingerprint density at radius 1 is 0.818 bits per heavy atom. The molecule has 33 heavy (non-hydrogen) atoms. The lowest BCUT2D eigenvalue weighted by atomic mass is 10.0. The molecule has 1 heterocycles. The highest BCUT2D eigenvalue weighted by molar-refractivity contribution is 6.46. The minimum absolute atomic E-state index is 0.0305. The van der Waals surface area contributed by atoms with E-state index < -0.39 is 23.9 Å². The minimum atomic E-state index is -4.90. The van der Waals surface area contributed by atoms with Gasteiger partial charge in [-0.25, -0.2) is 4.90 Å². The van der Waals surface area contributed by atoms with E-state index >= 15 is 0 Å². The fraction of sp³-hybridized carbons (Fsp3) is 0.120. The monoisotopic (exact) mass is 452 g/mol. The van der Waals surface area contributed by atoms with E-state index in [2.05, 4.69) is 10.1 Å².